The van der Waals surface area contributed by atoms with Crippen LogP contribution in [0.15, 0.2) is 22.6 Å². The zero-order valence-corrected chi connectivity index (χ0v) is 10.4. The summed E-state index contributed by atoms with van der Waals surface area (Å²) in [5.74, 6) is 0. The van der Waals surface area contributed by atoms with Gasteiger partial charge in [0.2, 0.25) is 0 Å². The van der Waals surface area contributed by atoms with E-state index in [1.54, 1.807) is 12.1 Å². The summed E-state index contributed by atoms with van der Waals surface area (Å²) in [7, 11) is -2.41. The molecule has 0 amide bonds. The molecule has 17 heavy (non-hydrogen) atoms. The van der Waals surface area contributed by atoms with Crippen LogP contribution in [0.5, 0.6) is 0 Å². The second kappa shape index (κ2) is 5.29. The van der Waals surface area contributed by atoms with Crippen molar-refractivity contribution in [3.8, 4) is 0 Å². The number of morpholine rings is 1. The second-order valence-electron chi connectivity index (χ2n) is 3.93. The quantitative estimate of drug-likeness (QED) is 0.803. The van der Waals surface area contributed by atoms with Gasteiger partial charge in [-0.3, -0.25) is 0 Å². The van der Waals surface area contributed by atoms with Crippen LogP contribution in [0.4, 0.5) is 11.4 Å². The minimum absolute atomic E-state index is 0.472. The predicted molar refractivity (Wildman–Crippen MR) is 65.2 cm³/mol. The van der Waals surface area contributed by atoms with Gasteiger partial charge in [0.25, 0.3) is 0 Å². The monoisotopic (exact) mass is 254 g/mol. The molecule has 0 aliphatic carbocycles. The van der Waals surface area contributed by atoms with Crippen LogP contribution in [0, 0.1) is 6.92 Å². The van der Waals surface area contributed by atoms with E-state index >= 15 is 0 Å². The number of hydrogen-bond donors (Lipinski definition) is 0. The number of nitrogens with zero attached hydrogens (tertiary/aromatic N) is 2. The summed E-state index contributed by atoms with van der Waals surface area (Å²) in [5.41, 5.74) is 2.47. The maximum atomic E-state index is 10.6. The highest BCUT2D eigenvalue weighted by Crippen LogP contribution is 2.24. The van der Waals surface area contributed by atoms with Gasteiger partial charge in [0.1, 0.15) is 0 Å². The lowest BCUT2D eigenvalue weighted by Crippen LogP contribution is -2.36. The Morgan fingerprint density at radius 2 is 1.94 bits per heavy atom. The number of rotatable bonds is 2. The van der Waals surface area contributed by atoms with Crippen LogP contribution in [0.1, 0.15) is 5.56 Å². The lowest BCUT2D eigenvalue weighted by atomic mass is 10.2. The van der Waals surface area contributed by atoms with Crippen molar-refractivity contribution in [2.75, 3.05) is 31.2 Å². The maximum Gasteiger partial charge on any atom is 0.316 e. The molecule has 5 nitrogen and oxygen atoms in total. The van der Waals surface area contributed by atoms with E-state index < -0.39 is 10.5 Å². The molecule has 92 valence electrons. The fourth-order valence-electron chi connectivity index (χ4n) is 1.89. The molecule has 1 aliphatic rings. The summed E-state index contributed by atoms with van der Waals surface area (Å²) in [4.78, 5) is 2.17. The van der Waals surface area contributed by atoms with Crippen LogP contribution in [-0.2, 0) is 15.2 Å². The molecule has 0 bridgehead atoms. The third-order valence-electron chi connectivity index (χ3n) is 2.60. The van der Waals surface area contributed by atoms with Gasteiger partial charge >= 0.3 is 10.5 Å². The zero-order valence-electron chi connectivity index (χ0n) is 9.59. The van der Waals surface area contributed by atoms with Crippen LogP contribution < -0.4 is 4.90 Å². The topological polar surface area (TPSA) is 59.0 Å². The molecule has 0 atom stereocenters. The van der Waals surface area contributed by atoms with Gasteiger partial charge in [-0.15, -0.1) is 4.36 Å². The highest BCUT2D eigenvalue weighted by Gasteiger charge is 2.12. The van der Waals surface area contributed by atoms with E-state index in [0.29, 0.717) is 18.9 Å². The summed E-state index contributed by atoms with van der Waals surface area (Å²) in [6, 6.07) is 5.56. The van der Waals surface area contributed by atoms with E-state index in [-0.39, 0.29) is 0 Å². The molecule has 2 rings (SSSR count). The smallest absolute Gasteiger partial charge is 0.316 e. The van der Waals surface area contributed by atoms with Gasteiger partial charge < -0.3 is 9.64 Å². The largest absolute Gasteiger partial charge is 0.378 e. The van der Waals surface area contributed by atoms with Crippen molar-refractivity contribution in [3.05, 3.63) is 23.8 Å². The van der Waals surface area contributed by atoms with Gasteiger partial charge in [0.05, 0.1) is 18.9 Å². The van der Waals surface area contributed by atoms with Crippen LogP contribution in [0.25, 0.3) is 0 Å². The molecular formula is C11H14N2O3S. The molecular weight excluding hydrogens is 240 g/mol. The minimum atomic E-state index is -2.41. The van der Waals surface area contributed by atoms with Crippen molar-refractivity contribution >= 4 is 21.9 Å². The van der Waals surface area contributed by atoms with Crippen LogP contribution in [0.3, 0.4) is 0 Å². The van der Waals surface area contributed by atoms with E-state index in [9.17, 15) is 8.42 Å². The molecule has 1 aromatic carbocycles. The first-order valence-corrected chi connectivity index (χ1v) is 6.44. The molecule has 0 spiro atoms. The third-order valence-corrected chi connectivity index (χ3v) is 2.96. The molecule has 0 aromatic heterocycles. The SMILES string of the molecule is Cc1cc(N=S(=O)=O)cc(N2CCOCC2)c1. The molecule has 0 N–H and O–H groups in total. The Labute approximate surface area is 102 Å². The molecule has 1 fully saturated rings. The van der Waals surface area contributed by atoms with Crippen molar-refractivity contribution < 1.29 is 13.2 Å². The first-order chi connectivity index (χ1) is 8.15. The lowest BCUT2D eigenvalue weighted by Gasteiger charge is -2.29. The fraction of sp³-hybridized carbons (Fsp3) is 0.455. The zero-order chi connectivity index (χ0) is 12.3. The lowest BCUT2D eigenvalue weighted by molar-refractivity contribution is 0.122. The summed E-state index contributed by atoms with van der Waals surface area (Å²) in [6.45, 7) is 4.98. The van der Waals surface area contributed by atoms with Crippen LogP contribution in [-0.4, -0.2) is 34.7 Å². The first kappa shape index (κ1) is 12.1. The van der Waals surface area contributed by atoms with Crippen molar-refractivity contribution in [3.63, 3.8) is 0 Å². The Kier molecular flexibility index (Phi) is 3.75. The number of hydrogen-bond acceptors (Lipinski definition) is 5. The molecule has 1 saturated heterocycles. The maximum absolute atomic E-state index is 10.6. The summed E-state index contributed by atoms with van der Waals surface area (Å²) in [5, 5.41) is 0. The van der Waals surface area contributed by atoms with Crippen molar-refractivity contribution in [1.29, 1.82) is 0 Å². The number of aryl methyl sites for hydroxylation is 1. The van der Waals surface area contributed by atoms with Crippen molar-refractivity contribution in [1.82, 2.24) is 0 Å². The first-order valence-electron chi connectivity index (χ1n) is 5.40. The molecule has 1 heterocycles. The average Bonchev–Trinajstić information content (AvgIpc) is 2.28. The Balaban J connectivity index is 2.33. The van der Waals surface area contributed by atoms with Gasteiger partial charge in [-0.2, -0.15) is 8.42 Å². The second-order valence-corrected chi connectivity index (χ2v) is 4.55. The van der Waals surface area contributed by atoms with Gasteiger partial charge in [-0.1, -0.05) is 0 Å². The van der Waals surface area contributed by atoms with Crippen LogP contribution in [0.2, 0.25) is 0 Å². The van der Waals surface area contributed by atoms with E-state index in [0.717, 1.165) is 24.3 Å². The fourth-order valence-corrected chi connectivity index (χ4v) is 2.16. The average molecular weight is 254 g/mol. The molecule has 0 saturated carbocycles. The van der Waals surface area contributed by atoms with Crippen molar-refractivity contribution in [2.45, 2.75) is 6.92 Å². The summed E-state index contributed by atoms with van der Waals surface area (Å²) >= 11 is 0. The van der Waals surface area contributed by atoms with Gasteiger partial charge in [-0.05, 0) is 30.7 Å². The standard InChI is InChI=1S/C11H14N2O3S/c1-9-6-10(12-17(14)15)8-11(7-9)13-2-4-16-5-3-13/h6-8H,2-5H2,1H3. The Morgan fingerprint density at radius 1 is 1.24 bits per heavy atom. The molecule has 0 unspecified atom stereocenters. The summed E-state index contributed by atoms with van der Waals surface area (Å²) < 4.78 is 30.0. The number of ether oxygens (including phenoxy) is 1. The van der Waals surface area contributed by atoms with E-state index in [1.807, 2.05) is 13.0 Å². The number of benzene rings is 1. The van der Waals surface area contributed by atoms with Crippen molar-refractivity contribution in [2.24, 2.45) is 4.36 Å². The highest BCUT2D eigenvalue weighted by molar-refractivity contribution is 7.61. The highest BCUT2D eigenvalue weighted by atomic mass is 32.2. The number of anilines is 1. The normalized spacial score (nSPS) is 15.7. The predicted octanol–water partition coefficient (Wildman–Crippen LogP) is 1.53. The van der Waals surface area contributed by atoms with E-state index in [4.69, 9.17) is 4.74 Å². The van der Waals surface area contributed by atoms with E-state index in [1.165, 1.54) is 0 Å². The third kappa shape index (κ3) is 3.28. The Bertz CT molecular complexity index is 526. The van der Waals surface area contributed by atoms with Crippen LogP contribution >= 0.6 is 0 Å². The Hall–Kier alpha value is -1.40. The van der Waals surface area contributed by atoms with E-state index in [2.05, 4.69) is 9.26 Å². The van der Waals surface area contributed by atoms with Gasteiger partial charge in [-0.25, -0.2) is 0 Å². The molecule has 1 aromatic rings. The molecule has 6 heteroatoms. The molecule has 0 radical (unpaired) electrons. The molecule has 1 aliphatic heterocycles. The minimum Gasteiger partial charge on any atom is -0.378 e. The summed E-state index contributed by atoms with van der Waals surface area (Å²) in [6.07, 6.45) is 0. The van der Waals surface area contributed by atoms with Gasteiger partial charge in [0.15, 0.2) is 0 Å². The Morgan fingerprint density at radius 3 is 2.59 bits per heavy atom. The van der Waals surface area contributed by atoms with Gasteiger partial charge in [0, 0.05) is 18.8 Å².